The number of halogens is 1. The highest BCUT2D eigenvalue weighted by atomic mass is 19.1. The van der Waals surface area contributed by atoms with Gasteiger partial charge in [0.15, 0.2) is 5.82 Å². The summed E-state index contributed by atoms with van der Waals surface area (Å²) in [5.74, 6) is 1.22. The summed E-state index contributed by atoms with van der Waals surface area (Å²) >= 11 is 0. The average molecular weight is 366 g/mol. The Labute approximate surface area is 156 Å². The van der Waals surface area contributed by atoms with Gasteiger partial charge in [0.05, 0.1) is 13.0 Å². The van der Waals surface area contributed by atoms with Crippen LogP contribution in [0.25, 0.3) is 11.4 Å². The molecule has 6 heteroatoms. The first-order valence-corrected chi connectivity index (χ1v) is 8.65. The number of hydrogen-bond acceptors (Lipinski definition) is 5. The van der Waals surface area contributed by atoms with E-state index in [2.05, 4.69) is 9.97 Å². The van der Waals surface area contributed by atoms with Crippen LogP contribution >= 0.6 is 0 Å². The van der Waals surface area contributed by atoms with Gasteiger partial charge in [-0.25, -0.2) is 14.4 Å². The van der Waals surface area contributed by atoms with Crippen LogP contribution < -0.4 is 4.74 Å². The van der Waals surface area contributed by atoms with Crippen molar-refractivity contribution in [2.45, 2.75) is 19.8 Å². The zero-order valence-electron chi connectivity index (χ0n) is 14.9. The van der Waals surface area contributed by atoms with Crippen LogP contribution in [-0.2, 0) is 16.0 Å². The molecular formula is C21H19FN2O3. The maximum atomic E-state index is 12.9. The Morgan fingerprint density at radius 1 is 1.00 bits per heavy atom. The van der Waals surface area contributed by atoms with Crippen molar-refractivity contribution in [1.29, 1.82) is 0 Å². The highest BCUT2D eigenvalue weighted by molar-refractivity contribution is 5.69. The highest BCUT2D eigenvalue weighted by Gasteiger charge is 2.07. The van der Waals surface area contributed by atoms with E-state index in [1.807, 2.05) is 12.1 Å². The first-order chi connectivity index (χ1) is 13.1. The molecule has 0 spiro atoms. The van der Waals surface area contributed by atoms with Gasteiger partial charge in [0, 0.05) is 23.9 Å². The van der Waals surface area contributed by atoms with Gasteiger partial charge in [-0.2, -0.15) is 0 Å². The topological polar surface area (TPSA) is 61.3 Å². The molecule has 0 aliphatic heterocycles. The van der Waals surface area contributed by atoms with Crippen molar-refractivity contribution >= 4 is 5.97 Å². The number of aryl methyl sites for hydroxylation is 1. The van der Waals surface area contributed by atoms with Crippen molar-refractivity contribution in [1.82, 2.24) is 9.97 Å². The van der Waals surface area contributed by atoms with E-state index in [0.29, 0.717) is 30.4 Å². The summed E-state index contributed by atoms with van der Waals surface area (Å²) in [5, 5.41) is 0. The summed E-state index contributed by atoms with van der Waals surface area (Å²) in [6.45, 7) is 2.16. The summed E-state index contributed by atoms with van der Waals surface area (Å²) in [6, 6.07) is 14.9. The molecule has 0 radical (unpaired) electrons. The third kappa shape index (κ3) is 5.34. The molecule has 0 saturated carbocycles. The average Bonchev–Trinajstić information content (AvgIpc) is 2.69. The van der Waals surface area contributed by atoms with Gasteiger partial charge in [-0.15, -0.1) is 0 Å². The van der Waals surface area contributed by atoms with Crippen molar-refractivity contribution in [2.75, 3.05) is 6.61 Å². The molecule has 5 nitrogen and oxygen atoms in total. The zero-order valence-corrected chi connectivity index (χ0v) is 14.9. The normalized spacial score (nSPS) is 10.4. The molecule has 2 aromatic carbocycles. The quantitative estimate of drug-likeness (QED) is 0.573. The fraction of sp³-hybridized carbons (Fsp3) is 0.190. The van der Waals surface area contributed by atoms with Crippen molar-refractivity contribution in [2.24, 2.45) is 0 Å². The Kier molecular flexibility index (Phi) is 6.10. The minimum atomic E-state index is -0.308. The van der Waals surface area contributed by atoms with E-state index in [1.54, 1.807) is 43.5 Å². The molecule has 0 aliphatic rings. The maximum Gasteiger partial charge on any atom is 0.306 e. The lowest BCUT2D eigenvalue weighted by Gasteiger charge is -2.07. The Morgan fingerprint density at radius 2 is 1.67 bits per heavy atom. The van der Waals surface area contributed by atoms with E-state index in [9.17, 15) is 9.18 Å². The van der Waals surface area contributed by atoms with E-state index < -0.39 is 0 Å². The van der Waals surface area contributed by atoms with Crippen LogP contribution in [0, 0.1) is 5.82 Å². The number of rotatable bonds is 7. The molecule has 0 aliphatic carbocycles. The molecule has 0 amide bonds. The lowest BCUT2D eigenvalue weighted by molar-refractivity contribution is -0.143. The number of carbonyl (C=O) groups is 1. The van der Waals surface area contributed by atoms with Gasteiger partial charge >= 0.3 is 5.97 Å². The molecule has 0 atom stereocenters. The number of aromatic nitrogens is 2. The number of hydrogen-bond donors (Lipinski definition) is 0. The standard InChI is InChI=1S/C21H19FN2O3/c1-2-26-20(25)12-7-17-13-14-23-21(24-17)15-3-8-18(9-4-15)27-19-10-5-16(22)6-11-19/h3-6,8-11,13-14H,2,7,12H2,1H3. The first-order valence-electron chi connectivity index (χ1n) is 8.65. The lowest BCUT2D eigenvalue weighted by atomic mass is 10.2. The minimum absolute atomic E-state index is 0.236. The molecule has 0 unspecified atom stereocenters. The highest BCUT2D eigenvalue weighted by Crippen LogP contribution is 2.24. The smallest absolute Gasteiger partial charge is 0.306 e. The predicted molar refractivity (Wildman–Crippen MR) is 98.9 cm³/mol. The monoisotopic (exact) mass is 366 g/mol. The molecule has 3 rings (SSSR count). The largest absolute Gasteiger partial charge is 0.466 e. The molecule has 0 bridgehead atoms. The Morgan fingerprint density at radius 3 is 2.33 bits per heavy atom. The van der Waals surface area contributed by atoms with Crippen molar-refractivity contribution in [3.8, 4) is 22.9 Å². The SMILES string of the molecule is CCOC(=O)CCc1ccnc(-c2ccc(Oc3ccc(F)cc3)cc2)n1. The van der Waals surface area contributed by atoms with Gasteiger partial charge in [-0.05, 0) is 61.5 Å². The summed E-state index contributed by atoms with van der Waals surface area (Å²) in [5.41, 5.74) is 1.61. The number of nitrogens with zero attached hydrogens (tertiary/aromatic N) is 2. The van der Waals surface area contributed by atoms with Crippen molar-refractivity contribution < 1.29 is 18.7 Å². The second kappa shape index (κ2) is 8.89. The van der Waals surface area contributed by atoms with Gasteiger partial charge in [-0.3, -0.25) is 4.79 Å². The molecule has 0 N–H and O–H groups in total. The molecule has 27 heavy (non-hydrogen) atoms. The predicted octanol–water partition coefficient (Wildman–Crippen LogP) is 4.57. The molecule has 3 aromatic rings. The maximum absolute atomic E-state index is 12.9. The third-order valence-corrected chi connectivity index (χ3v) is 3.77. The first kappa shape index (κ1) is 18.5. The van der Waals surface area contributed by atoms with Gasteiger partial charge in [-0.1, -0.05) is 0 Å². The fourth-order valence-electron chi connectivity index (χ4n) is 2.45. The van der Waals surface area contributed by atoms with Crippen LogP contribution in [0.2, 0.25) is 0 Å². The number of ether oxygens (including phenoxy) is 2. The van der Waals surface area contributed by atoms with Gasteiger partial charge in [0.1, 0.15) is 17.3 Å². The Hall–Kier alpha value is -3.28. The van der Waals surface area contributed by atoms with E-state index in [-0.39, 0.29) is 18.2 Å². The second-order valence-corrected chi connectivity index (χ2v) is 5.76. The van der Waals surface area contributed by atoms with Crippen LogP contribution in [0.3, 0.4) is 0 Å². The second-order valence-electron chi connectivity index (χ2n) is 5.76. The Balaban J connectivity index is 1.66. The van der Waals surface area contributed by atoms with E-state index >= 15 is 0 Å². The van der Waals surface area contributed by atoms with E-state index in [4.69, 9.17) is 9.47 Å². The van der Waals surface area contributed by atoms with Crippen LogP contribution in [0.1, 0.15) is 19.0 Å². The van der Waals surface area contributed by atoms with Crippen molar-refractivity contribution in [3.05, 3.63) is 72.3 Å². The summed E-state index contributed by atoms with van der Waals surface area (Å²) < 4.78 is 23.5. The molecule has 1 aromatic heterocycles. The number of benzene rings is 2. The Bertz CT molecular complexity index is 896. The van der Waals surface area contributed by atoms with Gasteiger partial charge in [0.25, 0.3) is 0 Å². The van der Waals surface area contributed by atoms with E-state index in [1.165, 1.54) is 12.1 Å². The number of carbonyl (C=O) groups excluding carboxylic acids is 1. The third-order valence-electron chi connectivity index (χ3n) is 3.77. The zero-order chi connectivity index (χ0) is 19.1. The van der Waals surface area contributed by atoms with Gasteiger partial charge in [0.2, 0.25) is 0 Å². The summed E-state index contributed by atoms with van der Waals surface area (Å²) in [4.78, 5) is 20.3. The minimum Gasteiger partial charge on any atom is -0.466 e. The van der Waals surface area contributed by atoms with Crippen molar-refractivity contribution in [3.63, 3.8) is 0 Å². The lowest BCUT2D eigenvalue weighted by Crippen LogP contribution is -2.06. The molecular weight excluding hydrogens is 347 g/mol. The molecule has 138 valence electrons. The van der Waals surface area contributed by atoms with E-state index in [0.717, 1.165) is 11.3 Å². The van der Waals surface area contributed by atoms with Crippen LogP contribution in [0.5, 0.6) is 11.5 Å². The number of esters is 1. The van der Waals surface area contributed by atoms with Crippen LogP contribution in [0.15, 0.2) is 60.8 Å². The summed E-state index contributed by atoms with van der Waals surface area (Å²) in [6.07, 6.45) is 2.46. The van der Waals surface area contributed by atoms with Crippen LogP contribution in [-0.4, -0.2) is 22.5 Å². The molecule has 1 heterocycles. The summed E-state index contributed by atoms with van der Waals surface area (Å²) in [7, 11) is 0. The van der Waals surface area contributed by atoms with Crippen LogP contribution in [0.4, 0.5) is 4.39 Å². The van der Waals surface area contributed by atoms with Gasteiger partial charge < -0.3 is 9.47 Å². The molecule has 0 fully saturated rings. The molecule has 0 saturated heterocycles. The fourth-order valence-corrected chi connectivity index (χ4v) is 2.45.